The first-order valence-electron chi connectivity index (χ1n) is 7.39. The van der Waals surface area contributed by atoms with E-state index in [1.807, 2.05) is 0 Å². The molecule has 2 aliphatic rings. The van der Waals surface area contributed by atoms with Gasteiger partial charge < -0.3 is 10.2 Å². The van der Waals surface area contributed by atoms with Crippen molar-refractivity contribution in [3.63, 3.8) is 0 Å². The Kier molecular flexibility index (Phi) is 3.98. The highest BCUT2D eigenvalue weighted by atomic mass is 35.5. The van der Waals surface area contributed by atoms with Gasteiger partial charge >= 0.3 is 0 Å². The van der Waals surface area contributed by atoms with Crippen LogP contribution < -0.4 is 15.8 Å². The first-order valence-corrected chi connectivity index (χ1v) is 7.77. The standard InChI is InChI=1S/C14H21ClN4O/c1-10-8-18(6-5-16-10)13-12(15)7-17-19(14(13)20)9-11-3-2-4-11/h7,10-11,16H,2-6,8-9H2,1H3. The minimum atomic E-state index is -0.0431. The molecule has 1 unspecified atom stereocenters. The molecule has 0 spiro atoms. The maximum absolute atomic E-state index is 12.6. The quantitative estimate of drug-likeness (QED) is 0.918. The van der Waals surface area contributed by atoms with Crippen molar-refractivity contribution in [1.82, 2.24) is 15.1 Å². The van der Waals surface area contributed by atoms with Gasteiger partial charge in [-0.3, -0.25) is 4.79 Å². The number of nitrogens with one attached hydrogen (secondary N) is 1. The zero-order valence-electron chi connectivity index (χ0n) is 11.8. The minimum absolute atomic E-state index is 0.0431. The summed E-state index contributed by atoms with van der Waals surface area (Å²) < 4.78 is 1.59. The van der Waals surface area contributed by atoms with E-state index in [4.69, 9.17) is 11.6 Å². The van der Waals surface area contributed by atoms with Gasteiger partial charge in [-0.05, 0) is 25.7 Å². The molecule has 1 aromatic rings. The molecule has 1 N–H and O–H groups in total. The molecule has 0 amide bonds. The second-order valence-corrected chi connectivity index (χ2v) is 6.33. The highest BCUT2D eigenvalue weighted by molar-refractivity contribution is 6.33. The van der Waals surface area contributed by atoms with E-state index < -0.39 is 0 Å². The Morgan fingerprint density at radius 3 is 2.95 bits per heavy atom. The molecule has 3 rings (SSSR count). The van der Waals surface area contributed by atoms with Crippen molar-refractivity contribution in [3.05, 3.63) is 21.6 Å². The summed E-state index contributed by atoms with van der Waals surface area (Å²) >= 11 is 6.23. The number of aromatic nitrogens is 2. The average molecular weight is 297 g/mol. The molecule has 0 radical (unpaired) electrons. The van der Waals surface area contributed by atoms with Crippen LogP contribution in [0.25, 0.3) is 0 Å². The molecule has 1 atom stereocenters. The molecular weight excluding hydrogens is 276 g/mol. The summed E-state index contributed by atoms with van der Waals surface area (Å²) in [5.41, 5.74) is 0.577. The number of hydrogen-bond acceptors (Lipinski definition) is 4. The van der Waals surface area contributed by atoms with Gasteiger partial charge in [0.2, 0.25) is 0 Å². The Balaban J connectivity index is 1.88. The topological polar surface area (TPSA) is 50.2 Å². The van der Waals surface area contributed by atoms with Crippen LogP contribution in [0.3, 0.4) is 0 Å². The van der Waals surface area contributed by atoms with Gasteiger partial charge in [-0.15, -0.1) is 0 Å². The van der Waals surface area contributed by atoms with Gasteiger partial charge in [-0.25, -0.2) is 4.68 Å². The third kappa shape index (κ3) is 2.69. The zero-order valence-corrected chi connectivity index (χ0v) is 12.6. The van der Waals surface area contributed by atoms with Gasteiger partial charge in [0, 0.05) is 32.2 Å². The highest BCUT2D eigenvalue weighted by Crippen LogP contribution is 2.28. The lowest BCUT2D eigenvalue weighted by molar-refractivity contribution is 0.261. The number of nitrogens with zero attached hydrogens (tertiary/aromatic N) is 3. The summed E-state index contributed by atoms with van der Waals surface area (Å²) in [5, 5.41) is 8.05. The fraction of sp³-hybridized carbons (Fsp3) is 0.714. The largest absolute Gasteiger partial charge is 0.363 e. The van der Waals surface area contributed by atoms with E-state index in [1.54, 1.807) is 10.9 Å². The van der Waals surface area contributed by atoms with Gasteiger partial charge in [0.25, 0.3) is 5.56 Å². The molecule has 1 aromatic heterocycles. The third-order valence-corrected chi connectivity index (χ3v) is 4.59. The van der Waals surface area contributed by atoms with Crippen LogP contribution in [0.2, 0.25) is 5.02 Å². The number of rotatable bonds is 3. The lowest BCUT2D eigenvalue weighted by Crippen LogP contribution is -2.51. The van der Waals surface area contributed by atoms with Gasteiger partial charge in [-0.1, -0.05) is 18.0 Å². The Morgan fingerprint density at radius 2 is 2.30 bits per heavy atom. The smallest absolute Gasteiger partial charge is 0.291 e. The van der Waals surface area contributed by atoms with Crippen LogP contribution in [0.1, 0.15) is 26.2 Å². The van der Waals surface area contributed by atoms with Gasteiger partial charge in [0.05, 0.1) is 11.2 Å². The third-order valence-electron chi connectivity index (χ3n) is 4.31. The van der Waals surface area contributed by atoms with Crippen LogP contribution in [-0.4, -0.2) is 35.5 Å². The van der Waals surface area contributed by atoms with E-state index in [2.05, 4.69) is 22.2 Å². The van der Waals surface area contributed by atoms with Crippen molar-refractivity contribution >= 4 is 17.3 Å². The number of piperazine rings is 1. The van der Waals surface area contributed by atoms with Crippen molar-refractivity contribution in [1.29, 1.82) is 0 Å². The van der Waals surface area contributed by atoms with Crippen molar-refractivity contribution in [3.8, 4) is 0 Å². The van der Waals surface area contributed by atoms with E-state index in [1.165, 1.54) is 19.3 Å². The average Bonchev–Trinajstić information content (AvgIpc) is 2.36. The molecule has 5 nitrogen and oxygen atoms in total. The summed E-state index contributed by atoms with van der Waals surface area (Å²) in [6.45, 7) is 5.34. The number of anilines is 1. The van der Waals surface area contributed by atoms with E-state index >= 15 is 0 Å². The summed E-state index contributed by atoms with van der Waals surface area (Å²) in [7, 11) is 0. The summed E-state index contributed by atoms with van der Waals surface area (Å²) in [4.78, 5) is 14.7. The molecule has 6 heteroatoms. The van der Waals surface area contributed by atoms with Crippen LogP contribution in [0.4, 0.5) is 5.69 Å². The van der Waals surface area contributed by atoms with Crippen molar-refractivity contribution < 1.29 is 0 Å². The zero-order chi connectivity index (χ0) is 14.1. The number of halogens is 1. The van der Waals surface area contributed by atoms with Crippen molar-refractivity contribution in [2.45, 2.75) is 38.8 Å². The van der Waals surface area contributed by atoms with Gasteiger partial charge in [0.1, 0.15) is 5.69 Å². The molecule has 110 valence electrons. The molecule has 1 saturated heterocycles. The van der Waals surface area contributed by atoms with Crippen LogP contribution in [0.15, 0.2) is 11.0 Å². The SMILES string of the molecule is CC1CN(c2c(Cl)cnn(CC3CCC3)c2=O)CCN1. The lowest BCUT2D eigenvalue weighted by atomic mass is 9.85. The van der Waals surface area contributed by atoms with E-state index in [9.17, 15) is 4.79 Å². The lowest BCUT2D eigenvalue weighted by Gasteiger charge is -2.34. The molecule has 20 heavy (non-hydrogen) atoms. The maximum atomic E-state index is 12.6. The van der Waals surface area contributed by atoms with Crippen molar-refractivity contribution in [2.75, 3.05) is 24.5 Å². The number of hydrogen-bond donors (Lipinski definition) is 1. The fourth-order valence-electron chi connectivity index (χ4n) is 2.93. The Labute approximate surface area is 123 Å². The summed E-state index contributed by atoms with van der Waals surface area (Å²) in [6, 6.07) is 0.368. The van der Waals surface area contributed by atoms with Crippen molar-refractivity contribution in [2.24, 2.45) is 5.92 Å². The van der Waals surface area contributed by atoms with E-state index in [-0.39, 0.29) is 5.56 Å². The normalized spacial score (nSPS) is 23.7. The summed E-state index contributed by atoms with van der Waals surface area (Å²) in [5.74, 6) is 0.608. The molecule has 1 aliphatic heterocycles. The van der Waals surface area contributed by atoms with Gasteiger partial charge in [0.15, 0.2) is 0 Å². The Morgan fingerprint density at radius 1 is 1.50 bits per heavy atom. The minimum Gasteiger partial charge on any atom is -0.363 e. The van der Waals surface area contributed by atoms with Crippen LogP contribution in [0, 0.1) is 5.92 Å². The predicted molar refractivity (Wildman–Crippen MR) is 80.5 cm³/mol. The van der Waals surface area contributed by atoms with Crippen LogP contribution in [0.5, 0.6) is 0 Å². The summed E-state index contributed by atoms with van der Waals surface area (Å²) in [6.07, 6.45) is 5.30. The molecule has 0 aromatic carbocycles. The second kappa shape index (κ2) is 5.74. The highest BCUT2D eigenvalue weighted by Gasteiger charge is 2.24. The monoisotopic (exact) mass is 296 g/mol. The van der Waals surface area contributed by atoms with Gasteiger partial charge in [-0.2, -0.15) is 5.10 Å². The maximum Gasteiger partial charge on any atom is 0.291 e. The molecular formula is C14H21ClN4O. The molecule has 1 saturated carbocycles. The van der Waals surface area contributed by atoms with Crippen LogP contribution >= 0.6 is 11.6 Å². The van der Waals surface area contributed by atoms with E-state index in [0.717, 1.165) is 26.2 Å². The van der Waals surface area contributed by atoms with Crippen LogP contribution in [-0.2, 0) is 6.54 Å². The first kappa shape index (κ1) is 13.9. The first-order chi connectivity index (χ1) is 9.65. The predicted octanol–water partition coefficient (Wildman–Crippen LogP) is 1.49. The fourth-order valence-corrected chi connectivity index (χ4v) is 3.17. The molecule has 0 bridgehead atoms. The molecule has 1 aliphatic carbocycles. The molecule has 2 fully saturated rings. The second-order valence-electron chi connectivity index (χ2n) is 5.93. The molecule has 2 heterocycles. The Hall–Kier alpha value is -1.07. The Bertz CT molecular complexity index is 540. The van der Waals surface area contributed by atoms with E-state index in [0.29, 0.717) is 22.7 Å².